The van der Waals surface area contributed by atoms with Crippen LogP contribution in [0.2, 0.25) is 0 Å². The van der Waals surface area contributed by atoms with Gasteiger partial charge in [-0.05, 0) is 36.2 Å². The minimum atomic E-state index is -0.408. The summed E-state index contributed by atoms with van der Waals surface area (Å²) in [6.45, 7) is 2.13. The van der Waals surface area contributed by atoms with Crippen LogP contribution in [0.1, 0.15) is 22.3 Å². The van der Waals surface area contributed by atoms with Crippen molar-refractivity contribution in [3.63, 3.8) is 0 Å². The van der Waals surface area contributed by atoms with Crippen LogP contribution in [-0.4, -0.2) is 48.2 Å². The number of ether oxygens (including phenoxy) is 2. The molecule has 2 N–H and O–H groups in total. The molecule has 2 aromatic rings. The van der Waals surface area contributed by atoms with E-state index in [9.17, 15) is 4.79 Å². The second-order valence-electron chi connectivity index (χ2n) is 6.24. The van der Waals surface area contributed by atoms with Crippen LogP contribution in [0.25, 0.3) is 0 Å². The van der Waals surface area contributed by atoms with Crippen LogP contribution >= 0.6 is 0 Å². The normalized spacial score (nSPS) is 20.5. The van der Waals surface area contributed by atoms with Crippen molar-refractivity contribution in [2.75, 3.05) is 20.3 Å². The van der Waals surface area contributed by atoms with Crippen LogP contribution < -0.4 is 10.5 Å². The van der Waals surface area contributed by atoms with Crippen molar-refractivity contribution < 1.29 is 14.3 Å². The number of rotatable bonds is 7. The van der Waals surface area contributed by atoms with Gasteiger partial charge in [0.05, 0.1) is 12.3 Å². The molecule has 132 valence electrons. The van der Waals surface area contributed by atoms with Crippen molar-refractivity contribution >= 4 is 5.91 Å². The lowest BCUT2D eigenvalue weighted by Crippen LogP contribution is -2.34. The Labute approximate surface area is 147 Å². The Morgan fingerprint density at radius 2 is 2.24 bits per heavy atom. The molecule has 6 heteroatoms. The highest BCUT2D eigenvalue weighted by Gasteiger charge is 2.32. The number of carbonyl (C=O) groups excluding carboxylic acids is 1. The molecule has 1 aliphatic heterocycles. The van der Waals surface area contributed by atoms with E-state index in [1.54, 1.807) is 25.6 Å². The summed E-state index contributed by atoms with van der Waals surface area (Å²) in [5.74, 6) is 0.355. The molecule has 0 bridgehead atoms. The van der Waals surface area contributed by atoms with Gasteiger partial charge in [0.15, 0.2) is 0 Å². The van der Waals surface area contributed by atoms with Gasteiger partial charge >= 0.3 is 0 Å². The van der Waals surface area contributed by atoms with Crippen molar-refractivity contribution in [1.29, 1.82) is 0 Å². The summed E-state index contributed by atoms with van der Waals surface area (Å²) in [5.41, 5.74) is 6.96. The largest absolute Gasteiger partial charge is 0.490 e. The Morgan fingerprint density at radius 3 is 2.96 bits per heavy atom. The summed E-state index contributed by atoms with van der Waals surface area (Å²) in [6, 6.07) is 11.4. The van der Waals surface area contributed by atoms with E-state index in [-0.39, 0.29) is 12.1 Å². The molecular formula is C19H23N3O3. The van der Waals surface area contributed by atoms with E-state index in [0.717, 1.165) is 30.8 Å². The van der Waals surface area contributed by atoms with Crippen LogP contribution in [0.4, 0.5) is 0 Å². The molecule has 1 saturated heterocycles. The predicted molar refractivity (Wildman–Crippen MR) is 94.3 cm³/mol. The van der Waals surface area contributed by atoms with E-state index in [1.165, 1.54) is 0 Å². The molecule has 3 rings (SSSR count). The number of likely N-dealkylation sites (tertiary alicyclic amines) is 1. The van der Waals surface area contributed by atoms with Gasteiger partial charge in [-0.25, -0.2) is 0 Å². The molecule has 1 aliphatic rings. The molecule has 0 radical (unpaired) electrons. The van der Waals surface area contributed by atoms with Crippen LogP contribution in [0.3, 0.4) is 0 Å². The predicted octanol–water partition coefficient (Wildman–Crippen LogP) is 1.85. The quantitative estimate of drug-likeness (QED) is 0.831. The first-order chi connectivity index (χ1) is 12.2. The number of hydrogen-bond donors (Lipinski definition) is 1. The first-order valence-corrected chi connectivity index (χ1v) is 8.34. The van der Waals surface area contributed by atoms with Gasteiger partial charge in [0, 0.05) is 38.0 Å². The molecule has 0 aliphatic carbocycles. The number of nitrogens with two attached hydrogens (primary N) is 1. The zero-order chi connectivity index (χ0) is 17.6. The monoisotopic (exact) mass is 341 g/mol. The number of benzene rings is 1. The third-order valence-electron chi connectivity index (χ3n) is 4.50. The summed E-state index contributed by atoms with van der Waals surface area (Å²) in [6.07, 6.45) is 4.53. The number of nitrogens with zero attached hydrogens (tertiary/aromatic N) is 2. The second-order valence-corrected chi connectivity index (χ2v) is 6.24. The third kappa shape index (κ3) is 4.55. The minimum absolute atomic E-state index is 0.182. The molecule has 6 nitrogen and oxygen atoms in total. The molecule has 0 unspecified atom stereocenters. The van der Waals surface area contributed by atoms with Crippen LogP contribution in [0.5, 0.6) is 5.75 Å². The zero-order valence-electron chi connectivity index (χ0n) is 14.3. The summed E-state index contributed by atoms with van der Waals surface area (Å²) in [7, 11) is 1.74. The molecule has 1 aromatic heterocycles. The molecule has 1 aromatic carbocycles. The van der Waals surface area contributed by atoms with Crippen molar-refractivity contribution in [1.82, 2.24) is 9.88 Å². The molecule has 1 amide bonds. The number of pyridine rings is 1. The Balaban J connectivity index is 1.67. The van der Waals surface area contributed by atoms with Crippen molar-refractivity contribution in [2.45, 2.75) is 25.1 Å². The lowest BCUT2D eigenvalue weighted by atomic mass is 10.1. The maximum Gasteiger partial charge on any atom is 0.248 e. The van der Waals surface area contributed by atoms with Gasteiger partial charge in [0.2, 0.25) is 5.91 Å². The molecule has 0 saturated carbocycles. The van der Waals surface area contributed by atoms with Gasteiger partial charge in [0.1, 0.15) is 12.4 Å². The minimum Gasteiger partial charge on any atom is -0.490 e. The van der Waals surface area contributed by atoms with E-state index in [0.29, 0.717) is 12.2 Å². The fourth-order valence-electron chi connectivity index (χ4n) is 3.16. The summed E-state index contributed by atoms with van der Waals surface area (Å²) >= 11 is 0. The highest BCUT2D eigenvalue weighted by atomic mass is 16.5. The number of primary amides is 1. The fourth-order valence-corrected chi connectivity index (χ4v) is 3.16. The standard InChI is InChI=1S/C19H23N3O3/c1-24-18-9-16(13-25-17-6-3-7-21-10-17)22(12-18)11-14-4-2-5-15(8-14)19(20)23/h2-8,10,16,18H,9,11-13H2,1H3,(H2,20,23)/t16-,18+/m0/s1. The van der Waals surface area contributed by atoms with Crippen LogP contribution in [0, 0.1) is 0 Å². The van der Waals surface area contributed by atoms with E-state index in [2.05, 4.69) is 9.88 Å². The molecule has 0 spiro atoms. The Kier molecular flexibility index (Phi) is 5.63. The topological polar surface area (TPSA) is 77.7 Å². The highest BCUT2D eigenvalue weighted by Crippen LogP contribution is 2.23. The van der Waals surface area contributed by atoms with Gasteiger partial charge in [-0.2, -0.15) is 0 Å². The maximum absolute atomic E-state index is 11.4. The van der Waals surface area contributed by atoms with Gasteiger partial charge in [-0.3, -0.25) is 14.7 Å². The average Bonchev–Trinajstić information content (AvgIpc) is 3.03. The smallest absolute Gasteiger partial charge is 0.248 e. The summed E-state index contributed by atoms with van der Waals surface area (Å²) in [4.78, 5) is 17.8. The summed E-state index contributed by atoms with van der Waals surface area (Å²) < 4.78 is 11.4. The first-order valence-electron chi connectivity index (χ1n) is 8.34. The van der Waals surface area contributed by atoms with Crippen molar-refractivity contribution in [3.8, 4) is 5.75 Å². The number of methoxy groups -OCH3 is 1. The van der Waals surface area contributed by atoms with E-state index < -0.39 is 5.91 Å². The third-order valence-corrected chi connectivity index (χ3v) is 4.50. The van der Waals surface area contributed by atoms with E-state index in [1.807, 2.05) is 30.3 Å². The Bertz CT molecular complexity index is 708. The van der Waals surface area contributed by atoms with Gasteiger partial charge < -0.3 is 15.2 Å². The number of aromatic nitrogens is 1. The van der Waals surface area contributed by atoms with Gasteiger partial charge in [-0.15, -0.1) is 0 Å². The Morgan fingerprint density at radius 1 is 1.36 bits per heavy atom. The highest BCUT2D eigenvalue weighted by molar-refractivity contribution is 5.92. The number of hydrogen-bond acceptors (Lipinski definition) is 5. The van der Waals surface area contributed by atoms with Crippen LogP contribution in [-0.2, 0) is 11.3 Å². The lowest BCUT2D eigenvalue weighted by molar-refractivity contribution is 0.0999. The van der Waals surface area contributed by atoms with Crippen LogP contribution in [0.15, 0.2) is 48.8 Å². The first kappa shape index (κ1) is 17.4. The zero-order valence-corrected chi connectivity index (χ0v) is 14.3. The molecule has 2 atom stereocenters. The number of carbonyl (C=O) groups is 1. The SMILES string of the molecule is CO[C@@H]1C[C@@H](COc2cccnc2)N(Cc2cccc(C(N)=O)c2)C1. The Hall–Kier alpha value is -2.44. The maximum atomic E-state index is 11.4. The number of amides is 1. The van der Waals surface area contributed by atoms with Crippen molar-refractivity contribution in [2.24, 2.45) is 5.73 Å². The summed E-state index contributed by atoms with van der Waals surface area (Å²) in [5, 5.41) is 0. The van der Waals surface area contributed by atoms with E-state index in [4.69, 9.17) is 15.2 Å². The molecule has 2 heterocycles. The van der Waals surface area contributed by atoms with Gasteiger partial charge in [0.25, 0.3) is 0 Å². The van der Waals surface area contributed by atoms with E-state index >= 15 is 0 Å². The van der Waals surface area contributed by atoms with Gasteiger partial charge in [-0.1, -0.05) is 12.1 Å². The molecule has 25 heavy (non-hydrogen) atoms. The fraction of sp³-hybridized carbons (Fsp3) is 0.368. The lowest BCUT2D eigenvalue weighted by Gasteiger charge is -2.24. The average molecular weight is 341 g/mol. The molecular weight excluding hydrogens is 318 g/mol. The molecule has 1 fully saturated rings. The second kappa shape index (κ2) is 8.09. The van der Waals surface area contributed by atoms with Crippen molar-refractivity contribution in [3.05, 3.63) is 59.9 Å².